The van der Waals surface area contributed by atoms with Crippen LogP contribution in [0.2, 0.25) is 0 Å². The van der Waals surface area contributed by atoms with Crippen molar-refractivity contribution in [1.82, 2.24) is 10.6 Å². The van der Waals surface area contributed by atoms with Gasteiger partial charge in [0, 0.05) is 24.7 Å². The van der Waals surface area contributed by atoms with Crippen LogP contribution in [0.25, 0.3) is 0 Å². The fraction of sp³-hybridized carbons (Fsp3) is 0.417. The van der Waals surface area contributed by atoms with Crippen molar-refractivity contribution in [3.05, 3.63) is 28.8 Å². The van der Waals surface area contributed by atoms with Gasteiger partial charge >= 0.3 is 0 Å². The number of aromatic hydroxyl groups is 1. The Bertz CT molecular complexity index is 399. The number of thiocarbonyl (C=S) groups is 1. The maximum Gasteiger partial charge on any atom is 0.166 e. The van der Waals surface area contributed by atoms with E-state index >= 15 is 0 Å². The van der Waals surface area contributed by atoms with E-state index in [1.165, 1.54) is 0 Å². The number of aliphatic hydroxyl groups excluding tert-OH is 2. The molecule has 0 aliphatic heterocycles. The van der Waals surface area contributed by atoms with E-state index in [9.17, 15) is 5.11 Å². The number of rotatable bonds is 5. The van der Waals surface area contributed by atoms with Gasteiger partial charge in [-0.1, -0.05) is 0 Å². The summed E-state index contributed by atoms with van der Waals surface area (Å²) >= 11 is 4.95. The molecule has 0 aliphatic rings. The van der Waals surface area contributed by atoms with Crippen molar-refractivity contribution in [1.29, 1.82) is 0 Å². The molecule has 100 valence electrons. The molecule has 0 fully saturated rings. The van der Waals surface area contributed by atoms with Crippen molar-refractivity contribution < 1.29 is 15.3 Å². The summed E-state index contributed by atoms with van der Waals surface area (Å²) < 4.78 is 0. The highest BCUT2D eigenvalue weighted by molar-refractivity contribution is 7.80. The lowest BCUT2D eigenvalue weighted by Gasteiger charge is -2.11. The Labute approximate surface area is 111 Å². The molecule has 6 heteroatoms. The molecule has 0 saturated heterocycles. The molecule has 0 radical (unpaired) electrons. The Hall–Kier alpha value is -1.37. The monoisotopic (exact) mass is 270 g/mol. The molecule has 0 aliphatic carbocycles. The van der Waals surface area contributed by atoms with Crippen LogP contribution in [0, 0.1) is 0 Å². The average molecular weight is 270 g/mol. The molecule has 0 bridgehead atoms. The number of hydrogen-bond acceptors (Lipinski definition) is 4. The zero-order chi connectivity index (χ0) is 13.5. The normalized spacial score (nSPS) is 10.2. The summed E-state index contributed by atoms with van der Waals surface area (Å²) in [4.78, 5) is 0. The van der Waals surface area contributed by atoms with Crippen LogP contribution in [-0.2, 0) is 19.6 Å². The van der Waals surface area contributed by atoms with E-state index < -0.39 is 0 Å². The lowest BCUT2D eigenvalue weighted by atomic mass is 10.0. The minimum atomic E-state index is -0.255. The van der Waals surface area contributed by atoms with Crippen LogP contribution < -0.4 is 10.6 Å². The summed E-state index contributed by atoms with van der Waals surface area (Å²) in [6.45, 7) is 0.129. The molecule has 5 N–H and O–H groups in total. The molecule has 0 unspecified atom stereocenters. The summed E-state index contributed by atoms with van der Waals surface area (Å²) in [5.41, 5.74) is 1.77. The van der Waals surface area contributed by atoms with Crippen LogP contribution >= 0.6 is 12.2 Å². The first-order valence-corrected chi connectivity index (χ1v) is 6.04. The molecule has 0 atom stereocenters. The summed E-state index contributed by atoms with van der Waals surface area (Å²) in [5.74, 6) is -0.0394. The smallest absolute Gasteiger partial charge is 0.166 e. The molecule has 1 aromatic carbocycles. The van der Waals surface area contributed by atoms with Gasteiger partial charge in [0.1, 0.15) is 5.75 Å². The van der Waals surface area contributed by atoms with E-state index in [-0.39, 0.29) is 19.0 Å². The Morgan fingerprint density at radius 3 is 2.22 bits per heavy atom. The number of nitrogens with one attached hydrogen (secondary N) is 2. The van der Waals surface area contributed by atoms with Crippen molar-refractivity contribution in [3.8, 4) is 5.75 Å². The Kier molecular flexibility index (Phi) is 5.84. The van der Waals surface area contributed by atoms with E-state index in [2.05, 4.69) is 10.6 Å². The van der Waals surface area contributed by atoms with E-state index in [1.807, 2.05) is 0 Å². The lowest BCUT2D eigenvalue weighted by molar-refractivity contribution is 0.263. The molecule has 0 amide bonds. The summed E-state index contributed by atoms with van der Waals surface area (Å²) in [6.07, 6.45) is 0.683. The largest absolute Gasteiger partial charge is 0.507 e. The molecule has 18 heavy (non-hydrogen) atoms. The standard InChI is InChI=1S/C12H18N2O3S/c1-13-12(18)14-3-2-8-4-9(6-15)11(17)10(5-8)7-16/h4-5,15-17H,2-3,6-7H2,1H3,(H2,13,14,18). The third-order valence-corrected chi connectivity index (χ3v) is 2.94. The first-order valence-electron chi connectivity index (χ1n) is 5.63. The number of benzene rings is 1. The van der Waals surface area contributed by atoms with Crippen LogP contribution in [0.1, 0.15) is 16.7 Å². The van der Waals surface area contributed by atoms with Gasteiger partial charge in [-0.3, -0.25) is 0 Å². The molecular formula is C12H18N2O3S. The van der Waals surface area contributed by atoms with Gasteiger partial charge in [-0.2, -0.15) is 0 Å². The molecule has 0 aromatic heterocycles. The van der Waals surface area contributed by atoms with Gasteiger partial charge in [0.05, 0.1) is 13.2 Å². The van der Waals surface area contributed by atoms with Gasteiger partial charge in [-0.15, -0.1) is 0 Å². The van der Waals surface area contributed by atoms with Gasteiger partial charge in [-0.05, 0) is 36.3 Å². The highest BCUT2D eigenvalue weighted by Gasteiger charge is 2.08. The second kappa shape index (κ2) is 7.15. The Balaban J connectivity index is 2.74. The second-order valence-electron chi connectivity index (χ2n) is 3.83. The zero-order valence-corrected chi connectivity index (χ0v) is 11.0. The fourth-order valence-corrected chi connectivity index (χ4v) is 1.73. The lowest BCUT2D eigenvalue weighted by Crippen LogP contribution is -2.33. The van der Waals surface area contributed by atoms with Gasteiger partial charge in [0.2, 0.25) is 0 Å². The molecule has 1 rings (SSSR count). The van der Waals surface area contributed by atoms with Crippen molar-refractivity contribution in [2.24, 2.45) is 0 Å². The van der Waals surface area contributed by atoms with Crippen LogP contribution in [0.15, 0.2) is 12.1 Å². The second-order valence-corrected chi connectivity index (χ2v) is 4.24. The van der Waals surface area contributed by atoms with Crippen LogP contribution in [0.3, 0.4) is 0 Å². The van der Waals surface area contributed by atoms with Gasteiger partial charge in [0.15, 0.2) is 5.11 Å². The highest BCUT2D eigenvalue weighted by atomic mass is 32.1. The minimum absolute atomic E-state index is 0.0394. The van der Waals surface area contributed by atoms with Crippen LogP contribution in [-0.4, -0.2) is 34.0 Å². The predicted octanol–water partition coefficient (Wildman–Crippen LogP) is 0.0132. The Morgan fingerprint density at radius 2 is 1.78 bits per heavy atom. The van der Waals surface area contributed by atoms with Gasteiger partial charge < -0.3 is 26.0 Å². The van der Waals surface area contributed by atoms with Crippen LogP contribution in [0.5, 0.6) is 5.75 Å². The van der Waals surface area contributed by atoms with Crippen molar-refractivity contribution in [3.63, 3.8) is 0 Å². The van der Waals surface area contributed by atoms with Crippen molar-refractivity contribution in [2.45, 2.75) is 19.6 Å². The third-order valence-electron chi connectivity index (χ3n) is 2.59. The fourth-order valence-electron chi connectivity index (χ4n) is 1.63. The van der Waals surface area contributed by atoms with E-state index in [1.54, 1.807) is 19.2 Å². The summed E-state index contributed by atoms with van der Waals surface area (Å²) in [5, 5.41) is 34.3. The number of hydrogen-bond donors (Lipinski definition) is 5. The first-order chi connectivity index (χ1) is 8.62. The zero-order valence-electron chi connectivity index (χ0n) is 10.2. The maximum atomic E-state index is 9.70. The van der Waals surface area contributed by atoms with E-state index in [0.717, 1.165) is 5.56 Å². The summed E-state index contributed by atoms with van der Waals surface area (Å²) in [6, 6.07) is 3.44. The van der Waals surface area contributed by atoms with Crippen LogP contribution in [0.4, 0.5) is 0 Å². The molecular weight excluding hydrogens is 252 g/mol. The van der Waals surface area contributed by atoms with E-state index in [0.29, 0.717) is 29.2 Å². The van der Waals surface area contributed by atoms with E-state index in [4.69, 9.17) is 22.4 Å². The molecule has 5 nitrogen and oxygen atoms in total. The Morgan fingerprint density at radius 1 is 1.22 bits per heavy atom. The molecule has 0 spiro atoms. The SMILES string of the molecule is CNC(=S)NCCc1cc(CO)c(O)c(CO)c1. The average Bonchev–Trinajstić information content (AvgIpc) is 2.39. The molecule has 0 saturated carbocycles. The van der Waals surface area contributed by atoms with Gasteiger partial charge in [-0.25, -0.2) is 0 Å². The third kappa shape index (κ3) is 3.83. The highest BCUT2D eigenvalue weighted by Crippen LogP contribution is 2.25. The molecule has 1 aromatic rings. The molecule has 0 heterocycles. The number of aliphatic hydroxyl groups is 2. The topological polar surface area (TPSA) is 84.8 Å². The van der Waals surface area contributed by atoms with Crippen molar-refractivity contribution in [2.75, 3.05) is 13.6 Å². The predicted molar refractivity (Wildman–Crippen MR) is 73.3 cm³/mol. The first kappa shape index (κ1) is 14.7. The van der Waals surface area contributed by atoms with Crippen molar-refractivity contribution >= 4 is 17.3 Å². The maximum absolute atomic E-state index is 9.70. The minimum Gasteiger partial charge on any atom is -0.507 e. The van der Waals surface area contributed by atoms with Gasteiger partial charge in [0.25, 0.3) is 0 Å². The summed E-state index contributed by atoms with van der Waals surface area (Å²) in [7, 11) is 1.74. The quantitative estimate of drug-likeness (QED) is 0.485. The number of phenols is 1.